The molecule has 2 rings (SSSR count). The van der Waals surface area contributed by atoms with Crippen LogP contribution in [0.15, 0.2) is 24.3 Å². The van der Waals surface area contributed by atoms with E-state index < -0.39 is 0 Å². The minimum Gasteiger partial charge on any atom is -0.344 e. The van der Waals surface area contributed by atoms with E-state index in [1.165, 1.54) is 0 Å². The van der Waals surface area contributed by atoms with Crippen molar-refractivity contribution in [1.29, 1.82) is 0 Å². The van der Waals surface area contributed by atoms with Crippen LogP contribution in [0.2, 0.25) is 5.02 Å². The SMILES string of the molecule is CN1CC(NC(=O)NCCc2cccc(Cl)c2)CCC1=O. The van der Waals surface area contributed by atoms with Crippen molar-refractivity contribution in [3.05, 3.63) is 34.9 Å². The van der Waals surface area contributed by atoms with E-state index in [9.17, 15) is 9.59 Å². The average molecular weight is 310 g/mol. The molecule has 21 heavy (non-hydrogen) atoms. The van der Waals surface area contributed by atoms with Crippen LogP contribution in [0.25, 0.3) is 0 Å². The predicted octanol–water partition coefficient (Wildman–Crippen LogP) is 1.80. The molecular weight excluding hydrogens is 290 g/mol. The fourth-order valence-electron chi connectivity index (χ4n) is 2.38. The molecule has 114 valence electrons. The van der Waals surface area contributed by atoms with E-state index in [1.54, 1.807) is 11.9 Å². The molecule has 3 amide bonds. The fraction of sp³-hybridized carbons (Fsp3) is 0.467. The molecule has 6 heteroatoms. The molecule has 1 atom stereocenters. The maximum absolute atomic E-state index is 11.8. The Morgan fingerprint density at radius 3 is 3.00 bits per heavy atom. The highest BCUT2D eigenvalue weighted by Gasteiger charge is 2.23. The highest BCUT2D eigenvalue weighted by atomic mass is 35.5. The van der Waals surface area contributed by atoms with Crippen LogP contribution < -0.4 is 10.6 Å². The first kappa shape index (κ1) is 15.6. The van der Waals surface area contributed by atoms with Crippen LogP contribution in [0.3, 0.4) is 0 Å². The highest BCUT2D eigenvalue weighted by Crippen LogP contribution is 2.11. The number of carbonyl (C=O) groups is 2. The lowest BCUT2D eigenvalue weighted by Crippen LogP contribution is -2.51. The Labute approximate surface area is 129 Å². The number of benzene rings is 1. The molecule has 0 aromatic heterocycles. The van der Waals surface area contributed by atoms with Gasteiger partial charge in [-0.15, -0.1) is 0 Å². The minimum absolute atomic E-state index is 0.0267. The molecule has 1 saturated heterocycles. The minimum atomic E-state index is -0.190. The summed E-state index contributed by atoms with van der Waals surface area (Å²) in [5.74, 6) is 0.134. The summed E-state index contributed by atoms with van der Waals surface area (Å²) < 4.78 is 0. The largest absolute Gasteiger partial charge is 0.344 e. The zero-order chi connectivity index (χ0) is 15.2. The van der Waals surface area contributed by atoms with Crippen molar-refractivity contribution >= 4 is 23.5 Å². The summed E-state index contributed by atoms with van der Waals surface area (Å²) in [5, 5.41) is 6.43. The molecule has 1 unspecified atom stereocenters. The third-order valence-corrected chi connectivity index (χ3v) is 3.79. The van der Waals surface area contributed by atoms with Gasteiger partial charge in [-0.2, -0.15) is 0 Å². The van der Waals surface area contributed by atoms with Crippen molar-refractivity contribution in [2.45, 2.75) is 25.3 Å². The van der Waals surface area contributed by atoms with Crippen LogP contribution in [0, 0.1) is 0 Å². The van der Waals surface area contributed by atoms with Crippen molar-refractivity contribution in [3.63, 3.8) is 0 Å². The maximum Gasteiger partial charge on any atom is 0.315 e. The monoisotopic (exact) mass is 309 g/mol. The molecule has 0 aliphatic carbocycles. The van der Waals surface area contributed by atoms with Gasteiger partial charge in [0.2, 0.25) is 5.91 Å². The van der Waals surface area contributed by atoms with Crippen molar-refractivity contribution in [1.82, 2.24) is 15.5 Å². The van der Waals surface area contributed by atoms with Gasteiger partial charge < -0.3 is 15.5 Å². The number of nitrogens with zero attached hydrogens (tertiary/aromatic N) is 1. The number of likely N-dealkylation sites (tertiary alicyclic amines) is 1. The van der Waals surface area contributed by atoms with E-state index in [0.29, 0.717) is 31.0 Å². The molecule has 2 N–H and O–H groups in total. The molecule has 0 radical (unpaired) electrons. The Morgan fingerprint density at radius 1 is 1.48 bits per heavy atom. The number of rotatable bonds is 4. The molecule has 1 fully saturated rings. The first-order valence-corrected chi connectivity index (χ1v) is 7.45. The van der Waals surface area contributed by atoms with Crippen LogP contribution >= 0.6 is 11.6 Å². The third kappa shape index (κ3) is 4.93. The topological polar surface area (TPSA) is 61.4 Å². The summed E-state index contributed by atoms with van der Waals surface area (Å²) in [6, 6.07) is 7.43. The quantitative estimate of drug-likeness (QED) is 0.891. The van der Waals surface area contributed by atoms with Crippen LogP contribution in [0.1, 0.15) is 18.4 Å². The maximum atomic E-state index is 11.8. The number of carbonyl (C=O) groups excluding carboxylic acids is 2. The summed E-state index contributed by atoms with van der Waals surface area (Å²) in [5.41, 5.74) is 1.09. The predicted molar refractivity (Wildman–Crippen MR) is 82.3 cm³/mol. The number of hydrogen-bond acceptors (Lipinski definition) is 2. The van der Waals surface area contributed by atoms with E-state index in [1.807, 2.05) is 24.3 Å². The van der Waals surface area contributed by atoms with Crippen LogP contribution in [-0.4, -0.2) is 43.0 Å². The number of halogens is 1. The van der Waals surface area contributed by atoms with E-state index in [-0.39, 0.29) is 18.0 Å². The lowest BCUT2D eigenvalue weighted by molar-refractivity contribution is -0.132. The third-order valence-electron chi connectivity index (χ3n) is 3.55. The summed E-state index contributed by atoms with van der Waals surface area (Å²) in [7, 11) is 1.76. The molecule has 0 bridgehead atoms. The van der Waals surface area contributed by atoms with Gasteiger partial charge in [-0.25, -0.2) is 4.79 Å². The fourth-order valence-corrected chi connectivity index (χ4v) is 2.59. The normalized spacial score (nSPS) is 18.5. The first-order valence-electron chi connectivity index (χ1n) is 7.07. The van der Waals surface area contributed by atoms with Crippen molar-refractivity contribution in [2.24, 2.45) is 0 Å². The number of piperidine rings is 1. The van der Waals surface area contributed by atoms with Crippen LogP contribution in [0.5, 0.6) is 0 Å². The molecule has 1 heterocycles. The van der Waals surface area contributed by atoms with E-state index in [0.717, 1.165) is 12.0 Å². The average Bonchev–Trinajstić information content (AvgIpc) is 2.43. The Bertz CT molecular complexity index is 521. The summed E-state index contributed by atoms with van der Waals surface area (Å²) >= 11 is 5.91. The molecular formula is C15H20ClN3O2. The highest BCUT2D eigenvalue weighted by molar-refractivity contribution is 6.30. The second kappa shape index (κ2) is 7.31. The molecule has 0 spiro atoms. The summed E-state index contributed by atoms with van der Waals surface area (Å²) in [6.45, 7) is 1.12. The zero-order valence-electron chi connectivity index (χ0n) is 12.1. The number of nitrogens with one attached hydrogen (secondary N) is 2. The van der Waals surface area contributed by atoms with E-state index >= 15 is 0 Å². The molecule has 0 saturated carbocycles. The molecule has 5 nitrogen and oxygen atoms in total. The van der Waals surface area contributed by atoms with Gasteiger partial charge in [0.25, 0.3) is 0 Å². The standard InChI is InChI=1S/C15H20ClN3O2/c1-19-10-13(5-6-14(19)20)18-15(21)17-8-7-11-3-2-4-12(16)9-11/h2-4,9,13H,5-8,10H2,1H3,(H2,17,18,21). The molecule has 1 aliphatic rings. The first-order chi connectivity index (χ1) is 10.0. The Morgan fingerprint density at radius 2 is 2.29 bits per heavy atom. The van der Waals surface area contributed by atoms with Gasteiger partial charge in [0.15, 0.2) is 0 Å². The van der Waals surface area contributed by atoms with Gasteiger partial charge in [-0.1, -0.05) is 23.7 Å². The number of likely N-dealkylation sites (N-methyl/N-ethyl adjacent to an activating group) is 1. The second-order valence-electron chi connectivity index (χ2n) is 5.29. The smallest absolute Gasteiger partial charge is 0.315 e. The number of amides is 3. The Balaban J connectivity index is 1.69. The summed E-state index contributed by atoms with van der Waals surface area (Å²) in [6.07, 6.45) is 1.92. The van der Waals surface area contributed by atoms with Crippen molar-refractivity contribution in [2.75, 3.05) is 20.1 Å². The van der Waals surface area contributed by atoms with Crippen molar-refractivity contribution < 1.29 is 9.59 Å². The van der Waals surface area contributed by atoms with Gasteiger partial charge in [-0.3, -0.25) is 4.79 Å². The second-order valence-corrected chi connectivity index (χ2v) is 5.73. The Kier molecular flexibility index (Phi) is 5.44. The van der Waals surface area contributed by atoms with Gasteiger partial charge in [-0.05, 0) is 30.5 Å². The van der Waals surface area contributed by atoms with E-state index in [2.05, 4.69) is 10.6 Å². The van der Waals surface area contributed by atoms with Crippen LogP contribution in [0.4, 0.5) is 4.79 Å². The van der Waals surface area contributed by atoms with Crippen LogP contribution in [-0.2, 0) is 11.2 Å². The van der Waals surface area contributed by atoms with E-state index in [4.69, 9.17) is 11.6 Å². The lowest BCUT2D eigenvalue weighted by atomic mass is 10.1. The molecule has 1 aromatic rings. The number of urea groups is 1. The molecule has 1 aliphatic heterocycles. The number of hydrogen-bond donors (Lipinski definition) is 2. The zero-order valence-corrected chi connectivity index (χ0v) is 12.8. The van der Waals surface area contributed by atoms with Gasteiger partial charge in [0.1, 0.15) is 0 Å². The Hall–Kier alpha value is -1.75. The van der Waals surface area contributed by atoms with Gasteiger partial charge in [0.05, 0.1) is 0 Å². The molecule has 1 aromatic carbocycles. The summed E-state index contributed by atoms with van der Waals surface area (Å²) in [4.78, 5) is 24.8. The van der Waals surface area contributed by atoms with Gasteiger partial charge in [0, 0.05) is 37.6 Å². The van der Waals surface area contributed by atoms with Crippen molar-refractivity contribution in [3.8, 4) is 0 Å². The van der Waals surface area contributed by atoms with Gasteiger partial charge >= 0.3 is 6.03 Å². The lowest BCUT2D eigenvalue weighted by Gasteiger charge is -2.30.